The van der Waals surface area contributed by atoms with E-state index in [4.69, 9.17) is 16.3 Å². The standard InChI is InChI=1S/C25H29ClF2N2O4S/c26-19-5-8-21(9-6-19)34-18-25(16-24(31)29-12-2-1-3-13-29)11-4-14-30(17-25)35(32,33)23-10-7-20(27)15-22(23)28/h5-10,15H,1-4,11-14,16-18H2/t25-/m0/s1. The second-order valence-electron chi connectivity index (χ2n) is 9.38. The van der Waals surface area contributed by atoms with Gasteiger partial charge in [0, 0.05) is 49.1 Å². The van der Waals surface area contributed by atoms with Gasteiger partial charge in [0.1, 0.15) is 22.3 Å². The van der Waals surface area contributed by atoms with Crippen molar-refractivity contribution in [1.82, 2.24) is 9.21 Å². The Morgan fingerprint density at radius 3 is 2.40 bits per heavy atom. The van der Waals surface area contributed by atoms with Crippen LogP contribution in [0, 0.1) is 17.0 Å². The number of likely N-dealkylation sites (tertiary alicyclic amines) is 1. The quantitative estimate of drug-likeness (QED) is 0.516. The van der Waals surface area contributed by atoms with E-state index in [1.807, 2.05) is 4.90 Å². The number of hydrogen-bond donors (Lipinski definition) is 0. The van der Waals surface area contributed by atoms with E-state index in [0.717, 1.165) is 31.4 Å². The lowest BCUT2D eigenvalue weighted by atomic mass is 9.78. The molecule has 190 valence electrons. The summed E-state index contributed by atoms with van der Waals surface area (Å²) < 4.78 is 61.7. The Labute approximate surface area is 209 Å². The SMILES string of the molecule is O=C(C[C@@]1(COc2ccc(Cl)cc2)CCCN(S(=O)(=O)c2ccc(F)cc2F)C1)N1CCCCC1. The van der Waals surface area contributed by atoms with Crippen molar-refractivity contribution in [2.45, 2.75) is 43.4 Å². The highest BCUT2D eigenvalue weighted by molar-refractivity contribution is 7.89. The van der Waals surface area contributed by atoms with E-state index in [-0.39, 0.29) is 32.0 Å². The zero-order chi connectivity index (χ0) is 25.1. The molecule has 0 saturated carbocycles. The number of amides is 1. The number of piperidine rings is 2. The number of benzene rings is 2. The topological polar surface area (TPSA) is 66.9 Å². The molecule has 2 aromatic rings. The van der Waals surface area contributed by atoms with Gasteiger partial charge in [0.15, 0.2) is 0 Å². The molecule has 1 atom stereocenters. The van der Waals surface area contributed by atoms with Gasteiger partial charge in [-0.1, -0.05) is 11.6 Å². The maximum atomic E-state index is 14.4. The molecule has 0 spiro atoms. The van der Waals surface area contributed by atoms with Crippen molar-refractivity contribution in [2.75, 3.05) is 32.8 Å². The van der Waals surface area contributed by atoms with E-state index >= 15 is 0 Å². The molecular formula is C25H29ClF2N2O4S. The highest BCUT2D eigenvalue weighted by Crippen LogP contribution is 2.38. The molecular weight excluding hydrogens is 498 g/mol. The monoisotopic (exact) mass is 526 g/mol. The summed E-state index contributed by atoms with van der Waals surface area (Å²) in [6, 6.07) is 9.25. The van der Waals surface area contributed by atoms with E-state index in [1.165, 1.54) is 4.31 Å². The minimum absolute atomic E-state index is 0.000675. The van der Waals surface area contributed by atoms with Crippen molar-refractivity contribution in [2.24, 2.45) is 5.41 Å². The molecule has 1 amide bonds. The van der Waals surface area contributed by atoms with Gasteiger partial charge in [-0.2, -0.15) is 4.31 Å². The highest BCUT2D eigenvalue weighted by atomic mass is 35.5. The van der Waals surface area contributed by atoms with Crippen molar-refractivity contribution in [3.8, 4) is 5.75 Å². The van der Waals surface area contributed by atoms with Crippen LogP contribution in [0.1, 0.15) is 38.5 Å². The first-order valence-electron chi connectivity index (χ1n) is 11.8. The zero-order valence-corrected chi connectivity index (χ0v) is 21.0. The minimum Gasteiger partial charge on any atom is -0.493 e. The van der Waals surface area contributed by atoms with Gasteiger partial charge in [-0.05, 0) is 68.5 Å². The molecule has 2 aromatic carbocycles. The van der Waals surface area contributed by atoms with Gasteiger partial charge in [0.2, 0.25) is 15.9 Å². The fraction of sp³-hybridized carbons (Fsp3) is 0.480. The van der Waals surface area contributed by atoms with Gasteiger partial charge in [-0.3, -0.25) is 4.79 Å². The van der Waals surface area contributed by atoms with Crippen LogP contribution in [0.2, 0.25) is 5.02 Å². The average molecular weight is 527 g/mol. The number of nitrogens with zero attached hydrogens (tertiary/aromatic N) is 2. The second-order valence-corrected chi connectivity index (χ2v) is 11.7. The Balaban J connectivity index is 1.59. The predicted molar refractivity (Wildman–Crippen MR) is 129 cm³/mol. The fourth-order valence-electron chi connectivity index (χ4n) is 4.85. The second kappa shape index (κ2) is 10.8. The fourth-order valence-corrected chi connectivity index (χ4v) is 6.61. The van der Waals surface area contributed by atoms with E-state index in [1.54, 1.807) is 24.3 Å². The maximum Gasteiger partial charge on any atom is 0.246 e. The summed E-state index contributed by atoms with van der Waals surface area (Å²) in [6.45, 7) is 1.68. The van der Waals surface area contributed by atoms with Crippen LogP contribution < -0.4 is 4.74 Å². The largest absolute Gasteiger partial charge is 0.493 e. The first-order chi connectivity index (χ1) is 16.7. The lowest BCUT2D eigenvalue weighted by Gasteiger charge is -2.42. The number of carbonyl (C=O) groups excluding carboxylic acids is 1. The summed E-state index contributed by atoms with van der Waals surface area (Å²) in [5.74, 6) is -1.46. The van der Waals surface area contributed by atoms with Crippen LogP contribution in [0.4, 0.5) is 8.78 Å². The molecule has 10 heteroatoms. The molecule has 0 aliphatic carbocycles. The molecule has 0 radical (unpaired) electrons. The zero-order valence-electron chi connectivity index (χ0n) is 19.4. The molecule has 2 saturated heterocycles. The number of rotatable bonds is 7. The smallest absolute Gasteiger partial charge is 0.246 e. The third-order valence-corrected chi connectivity index (χ3v) is 8.86. The molecule has 2 heterocycles. The van der Waals surface area contributed by atoms with Gasteiger partial charge < -0.3 is 9.64 Å². The minimum atomic E-state index is -4.24. The summed E-state index contributed by atoms with van der Waals surface area (Å²) in [5.41, 5.74) is -0.796. The van der Waals surface area contributed by atoms with Gasteiger partial charge in [-0.25, -0.2) is 17.2 Å². The molecule has 0 N–H and O–H groups in total. The van der Waals surface area contributed by atoms with Gasteiger partial charge in [0.05, 0.1) is 6.61 Å². The van der Waals surface area contributed by atoms with Gasteiger partial charge in [0.25, 0.3) is 0 Å². The van der Waals surface area contributed by atoms with E-state index in [0.29, 0.717) is 42.8 Å². The number of ether oxygens (including phenoxy) is 1. The Hall–Kier alpha value is -2.23. The van der Waals surface area contributed by atoms with E-state index in [9.17, 15) is 22.0 Å². The average Bonchev–Trinajstić information content (AvgIpc) is 2.84. The van der Waals surface area contributed by atoms with Crippen molar-refractivity contribution in [3.05, 3.63) is 59.1 Å². The van der Waals surface area contributed by atoms with Crippen LogP contribution in [-0.2, 0) is 14.8 Å². The molecule has 6 nitrogen and oxygen atoms in total. The Morgan fingerprint density at radius 1 is 1.00 bits per heavy atom. The Morgan fingerprint density at radius 2 is 1.71 bits per heavy atom. The van der Waals surface area contributed by atoms with Crippen LogP contribution in [0.3, 0.4) is 0 Å². The van der Waals surface area contributed by atoms with Crippen LogP contribution in [0.15, 0.2) is 47.4 Å². The first-order valence-corrected chi connectivity index (χ1v) is 13.6. The molecule has 35 heavy (non-hydrogen) atoms. The number of halogens is 3. The molecule has 4 rings (SSSR count). The van der Waals surface area contributed by atoms with Gasteiger partial charge in [-0.15, -0.1) is 0 Å². The molecule has 0 unspecified atom stereocenters. The summed E-state index contributed by atoms with van der Waals surface area (Å²) in [7, 11) is -4.24. The van der Waals surface area contributed by atoms with Crippen molar-refractivity contribution in [3.63, 3.8) is 0 Å². The lowest BCUT2D eigenvalue weighted by Crippen LogP contribution is -2.51. The molecule has 2 aliphatic rings. The summed E-state index contributed by atoms with van der Waals surface area (Å²) in [6.07, 6.45) is 4.18. The summed E-state index contributed by atoms with van der Waals surface area (Å²) >= 11 is 5.96. The lowest BCUT2D eigenvalue weighted by molar-refractivity contribution is -0.136. The normalized spacial score (nSPS) is 21.6. The first kappa shape index (κ1) is 25.9. The Bertz CT molecular complexity index is 1160. The molecule has 2 aliphatic heterocycles. The summed E-state index contributed by atoms with van der Waals surface area (Å²) in [5, 5.41) is 0.559. The maximum absolute atomic E-state index is 14.4. The van der Waals surface area contributed by atoms with Gasteiger partial charge >= 0.3 is 0 Å². The molecule has 2 fully saturated rings. The number of sulfonamides is 1. The van der Waals surface area contributed by atoms with Crippen LogP contribution in [0.5, 0.6) is 5.75 Å². The predicted octanol–water partition coefficient (Wildman–Crippen LogP) is 4.87. The summed E-state index contributed by atoms with van der Waals surface area (Å²) in [4.78, 5) is 14.5. The third-order valence-electron chi connectivity index (χ3n) is 6.73. The van der Waals surface area contributed by atoms with E-state index in [2.05, 4.69) is 0 Å². The highest BCUT2D eigenvalue weighted by Gasteiger charge is 2.43. The molecule has 0 aromatic heterocycles. The van der Waals surface area contributed by atoms with Crippen LogP contribution in [-0.4, -0.2) is 56.3 Å². The molecule has 0 bridgehead atoms. The van der Waals surface area contributed by atoms with Crippen LogP contribution >= 0.6 is 11.6 Å². The van der Waals surface area contributed by atoms with Crippen molar-refractivity contribution < 1.29 is 26.7 Å². The number of hydrogen-bond acceptors (Lipinski definition) is 4. The van der Waals surface area contributed by atoms with Crippen molar-refractivity contribution >= 4 is 27.5 Å². The van der Waals surface area contributed by atoms with E-state index < -0.39 is 32.0 Å². The van der Waals surface area contributed by atoms with Crippen LogP contribution in [0.25, 0.3) is 0 Å². The van der Waals surface area contributed by atoms with Crippen molar-refractivity contribution in [1.29, 1.82) is 0 Å². The Kier molecular flexibility index (Phi) is 7.98. The number of carbonyl (C=O) groups is 1. The third kappa shape index (κ3) is 6.13.